The second-order valence-electron chi connectivity index (χ2n) is 4.91. The van der Waals surface area contributed by atoms with Gasteiger partial charge in [-0.15, -0.1) is 0 Å². The smallest absolute Gasteiger partial charge is 0.128 e. The van der Waals surface area contributed by atoms with Crippen molar-refractivity contribution in [2.24, 2.45) is 0 Å². The van der Waals surface area contributed by atoms with E-state index >= 15 is 0 Å². The molecule has 0 aliphatic carbocycles. The highest BCUT2D eigenvalue weighted by Crippen LogP contribution is 2.26. The van der Waals surface area contributed by atoms with Crippen LogP contribution >= 0.6 is 0 Å². The number of para-hydroxylation sites is 1. The molecule has 3 aromatic rings. The molecule has 0 aliphatic rings. The molecule has 1 atom stereocenters. The Hall–Kier alpha value is -2.49. The first kappa shape index (κ1) is 13.5. The van der Waals surface area contributed by atoms with E-state index in [-0.39, 0.29) is 6.04 Å². The van der Waals surface area contributed by atoms with Gasteiger partial charge in [0, 0.05) is 17.1 Å². The van der Waals surface area contributed by atoms with E-state index in [0.717, 1.165) is 28.7 Å². The maximum atomic E-state index is 13.8. The van der Waals surface area contributed by atoms with Crippen LogP contribution in [0.1, 0.15) is 18.5 Å². The van der Waals surface area contributed by atoms with Gasteiger partial charge in [0.25, 0.3) is 0 Å². The Balaban J connectivity index is 1.96. The maximum Gasteiger partial charge on any atom is 0.128 e. The summed E-state index contributed by atoms with van der Waals surface area (Å²) in [5.41, 5.74) is 1.90. The largest absolute Gasteiger partial charge is 0.377 e. The first-order chi connectivity index (χ1) is 10.1. The number of benzene rings is 2. The lowest BCUT2D eigenvalue weighted by atomic mass is 10.1. The van der Waals surface area contributed by atoms with Gasteiger partial charge in [0.15, 0.2) is 0 Å². The van der Waals surface area contributed by atoms with Crippen molar-refractivity contribution < 1.29 is 8.78 Å². The summed E-state index contributed by atoms with van der Waals surface area (Å²) in [6.07, 6.45) is 1.71. The highest BCUT2D eigenvalue weighted by Gasteiger charge is 2.13. The molecule has 1 heterocycles. The predicted molar refractivity (Wildman–Crippen MR) is 80.1 cm³/mol. The minimum Gasteiger partial charge on any atom is -0.377 e. The maximum absolute atomic E-state index is 13.8. The van der Waals surface area contributed by atoms with E-state index in [4.69, 9.17) is 0 Å². The van der Waals surface area contributed by atoms with Gasteiger partial charge in [-0.2, -0.15) is 0 Å². The Morgan fingerprint density at radius 3 is 2.71 bits per heavy atom. The minimum absolute atomic E-state index is 0.294. The fraction of sp³-hybridized carbons (Fsp3) is 0.118. The standard InChI is InChI=1S/C17H14F2N2/c1-11(14-10-13(18)7-8-15(14)19)21-16-6-2-4-12-5-3-9-20-17(12)16/h2-11,21H,1H3. The third-order valence-corrected chi connectivity index (χ3v) is 3.43. The summed E-state index contributed by atoms with van der Waals surface area (Å²) in [5, 5.41) is 4.19. The van der Waals surface area contributed by atoms with Gasteiger partial charge in [-0.05, 0) is 37.3 Å². The van der Waals surface area contributed by atoms with Crippen LogP contribution in [0.15, 0.2) is 54.7 Å². The summed E-state index contributed by atoms with van der Waals surface area (Å²) < 4.78 is 27.1. The van der Waals surface area contributed by atoms with Crippen LogP contribution in [0.5, 0.6) is 0 Å². The summed E-state index contributed by atoms with van der Waals surface area (Å²) in [6.45, 7) is 1.79. The highest BCUT2D eigenvalue weighted by molar-refractivity contribution is 5.90. The van der Waals surface area contributed by atoms with E-state index < -0.39 is 11.6 Å². The van der Waals surface area contributed by atoms with Gasteiger partial charge in [-0.1, -0.05) is 18.2 Å². The summed E-state index contributed by atoms with van der Waals surface area (Å²) in [6, 6.07) is 12.7. The Kier molecular flexibility index (Phi) is 3.52. The molecule has 1 aromatic heterocycles. The van der Waals surface area contributed by atoms with Crippen LogP contribution in [0.25, 0.3) is 10.9 Å². The van der Waals surface area contributed by atoms with E-state index in [1.54, 1.807) is 13.1 Å². The molecule has 106 valence electrons. The SMILES string of the molecule is CC(Nc1cccc2cccnc12)c1cc(F)ccc1F. The number of fused-ring (bicyclic) bond motifs is 1. The number of nitrogens with one attached hydrogen (secondary N) is 1. The molecular formula is C17H14F2N2. The molecule has 0 saturated carbocycles. The van der Waals surface area contributed by atoms with E-state index in [2.05, 4.69) is 10.3 Å². The molecule has 0 spiro atoms. The molecule has 0 bridgehead atoms. The molecule has 4 heteroatoms. The van der Waals surface area contributed by atoms with Crippen LogP contribution in [-0.2, 0) is 0 Å². The van der Waals surface area contributed by atoms with Crippen LogP contribution in [0.4, 0.5) is 14.5 Å². The first-order valence-electron chi connectivity index (χ1n) is 6.70. The molecule has 2 aromatic carbocycles. The zero-order chi connectivity index (χ0) is 14.8. The van der Waals surface area contributed by atoms with Crippen molar-refractivity contribution in [3.8, 4) is 0 Å². The molecule has 0 fully saturated rings. The predicted octanol–water partition coefficient (Wildman–Crippen LogP) is 4.69. The number of hydrogen-bond acceptors (Lipinski definition) is 2. The normalized spacial score (nSPS) is 12.3. The Bertz CT molecular complexity index is 781. The van der Waals surface area contributed by atoms with Crippen LogP contribution in [-0.4, -0.2) is 4.98 Å². The highest BCUT2D eigenvalue weighted by atomic mass is 19.1. The van der Waals surface area contributed by atoms with Gasteiger partial charge in [0.2, 0.25) is 0 Å². The lowest BCUT2D eigenvalue weighted by Gasteiger charge is -2.17. The van der Waals surface area contributed by atoms with E-state index in [0.29, 0.717) is 5.56 Å². The van der Waals surface area contributed by atoms with Gasteiger partial charge in [0.1, 0.15) is 11.6 Å². The zero-order valence-electron chi connectivity index (χ0n) is 11.5. The van der Waals surface area contributed by atoms with Crippen molar-refractivity contribution >= 4 is 16.6 Å². The van der Waals surface area contributed by atoms with Gasteiger partial charge < -0.3 is 5.32 Å². The lowest BCUT2D eigenvalue weighted by Crippen LogP contribution is -2.09. The Morgan fingerprint density at radius 1 is 1.05 bits per heavy atom. The first-order valence-corrected chi connectivity index (χ1v) is 6.70. The third kappa shape index (κ3) is 2.70. The second-order valence-corrected chi connectivity index (χ2v) is 4.91. The van der Waals surface area contributed by atoms with Gasteiger partial charge in [0.05, 0.1) is 17.2 Å². The number of halogens is 2. The summed E-state index contributed by atoms with van der Waals surface area (Å²) >= 11 is 0. The summed E-state index contributed by atoms with van der Waals surface area (Å²) in [4.78, 5) is 4.34. The number of nitrogens with zero attached hydrogens (tertiary/aromatic N) is 1. The molecule has 1 N–H and O–H groups in total. The fourth-order valence-electron chi connectivity index (χ4n) is 2.38. The van der Waals surface area contributed by atoms with Crippen LogP contribution in [0.3, 0.4) is 0 Å². The number of hydrogen-bond donors (Lipinski definition) is 1. The number of rotatable bonds is 3. The molecule has 0 saturated heterocycles. The van der Waals surface area contributed by atoms with E-state index in [1.807, 2.05) is 30.3 Å². The topological polar surface area (TPSA) is 24.9 Å². The number of pyridine rings is 1. The molecule has 0 radical (unpaired) electrons. The van der Waals surface area contributed by atoms with E-state index in [1.165, 1.54) is 6.07 Å². The van der Waals surface area contributed by atoms with Gasteiger partial charge >= 0.3 is 0 Å². The van der Waals surface area contributed by atoms with Crippen LogP contribution in [0.2, 0.25) is 0 Å². The summed E-state index contributed by atoms with van der Waals surface area (Å²) in [5.74, 6) is -0.874. The third-order valence-electron chi connectivity index (χ3n) is 3.43. The molecule has 0 aliphatic heterocycles. The van der Waals surface area contributed by atoms with Crippen molar-refractivity contribution in [3.05, 3.63) is 71.9 Å². The van der Waals surface area contributed by atoms with Crippen molar-refractivity contribution in [2.75, 3.05) is 5.32 Å². The Morgan fingerprint density at radius 2 is 1.86 bits per heavy atom. The van der Waals surface area contributed by atoms with Crippen molar-refractivity contribution in [1.82, 2.24) is 4.98 Å². The molecule has 2 nitrogen and oxygen atoms in total. The summed E-state index contributed by atoms with van der Waals surface area (Å²) in [7, 11) is 0. The average Bonchev–Trinajstić information content (AvgIpc) is 2.50. The molecular weight excluding hydrogens is 270 g/mol. The van der Waals surface area contributed by atoms with Gasteiger partial charge in [-0.3, -0.25) is 4.98 Å². The van der Waals surface area contributed by atoms with E-state index in [9.17, 15) is 8.78 Å². The molecule has 3 rings (SSSR count). The minimum atomic E-state index is -0.448. The second kappa shape index (κ2) is 5.48. The molecule has 0 amide bonds. The van der Waals surface area contributed by atoms with Crippen molar-refractivity contribution in [1.29, 1.82) is 0 Å². The molecule has 21 heavy (non-hydrogen) atoms. The lowest BCUT2D eigenvalue weighted by molar-refractivity contribution is 0.577. The average molecular weight is 284 g/mol. The fourth-order valence-corrected chi connectivity index (χ4v) is 2.38. The Labute approximate surface area is 121 Å². The van der Waals surface area contributed by atoms with Crippen molar-refractivity contribution in [3.63, 3.8) is 0 Å². The van der Waals surface area contributed by atoms with Crippen LogP contribution < -0.4 is 5.32 Å². The van der Waals surface area contributed by atoms with Crippen LogP contribution in [0, 0.1) is 11.6 Å². The van der Waals surface area contributed by atoms with Crippen molar-refractivity contribution in [2.45, 2.75) is 13.0 Å². The number of aromatic nitrogens is 1. The number of anilines is 1. The van der Waals surface area contributed by atoms with Gasteiger partial charge in [-0.25, -0.2) is 8.78 Å². The zero-order valence-corrected chi connectivity index (χ0v) is 11.5. The quantitative estimate of drug-likeness (QED) is 0.755. The molecule has 1 unspecified atom stereocenters. The monoisotopic (exact) mass is 284 g/mol.